The molecule has 1 aromatic rings. The third-order valence-electron chi connectivity index (χ3n) is 2.42. The highest BCUT2D eigenvalue weighted by atomic mass is 16.3. The summed E-state index contributed by atoms with van der Waals surface area (Å²) in [6.45, 7) is 2.32. The van der Waals surface area contributed by atoms with Crippen LogP contribution in [0.15, 0.2) is 30.3 Å². The second-order valence-electron chi connectivity index (χ2n) is 3.62. The van der Waals surface area contributed by atoms with Gasteiger partial charge in [-0.2, -0.15) is 0 Å². The molecule has 0 aliphatic rings. The molecular formula is C12H19NO2. The molecule has 2 unspecified atom stereocenters. The van der Waals surface area contributed by atoms with Gasteiger partial charge in [0.05, 0.1) is 12.7 Å². The molecule has 3 N–H and O–H groups in total. The molecule has 0 aromatic heterocycles. The number of benzene rings is 1. The van der Waals surface area contributed by atoms with Crippen molar-refractivity contribution in [2.24, 2.45) is 0 Å². The fourth-order valence-corrected chi connectivity index (χ4v) is 1.53. The van der Waals surface area contributed by atoms with Crippen molar-refractivity contribution in [1.82, 2.24) is 5.32 Å². The lowest BCUT2D eigenvalue weighted by Gasteiger charge is -2.19. The topological polar surface area (TPSA) is 52.5 Å². The number of rotatable bonds is 6. The van der Waals surface area contributed by atoms with Crippen LogP contribution in [0.1, 0.15) is 24.9 Å². The number of aliphatic hydroxyl groups excluding tert-OH is 2. The molecule has 1 aromatic carbocycles. The van der Waals surface area contributed by atoms with E-state index < -0.39 is 6.10 Å². The van der Waals surface area contributed by atoms with Gasteiger partial charge < -0.3 is 15.5 Å². The first-order valence-corrected chi connectivity index (χ1v) is 5.35. The van der Waals surface area contributed by atoms with Gasteiger partial charge in [0.15, 0.2) is 0 Å². The van der Waals surface area contributed by atoms with Gasteiger partial charge >= 0.3 is 0 Å². The Morgan fingerprint density at radius 2 is 1.93 bits per heavy atom. The predicted molar refractivity (Wildman–Crippen MR) is 60.6 cm³/mol. The number of aliphatic hydroxyl groups is 2. The summed E-state index contributed by atoms with van der Waals surface area (Å²) in [7, 11) is 0. The van der Waals surface area contributed by atoms with E-state index in [4.69, 9.17) is 5.11 Å². The van der Waals surface area contributed by atoms with Crippen molar-refractivity contribution in [2.45, 2.75) is 25.5 Å². The van der Waals surface area contributed by atoms with Crippen molar-refractivity contribution in [1.29, 1.82) is 0 Å². The molecule has 0 aliphatic carbocycles. The van der Waals surface area contributed by atoms with E-state index >= 15 is 0 Å². The van der Waals surface area contributed by atoms with Crippen LogP contribution in [0.2, 0.25) is 0 Å². The largest absolute Gasteiger partial charge is 0.394 e. The molecule has 3 nitrogen and oxygen atoms in total. The maximum absolute atomic E-state index is 9.24. The highest BCUT2D eigenvalue weighted by Crippen LogP contribution is 2.15. The molecule has 0 saturated carbocycles. The molecule has 0 heterocycles. The molecule has 3 heteroatoms. The highest BCUT2D eigenvalue weighted by molar-refractivity contribution is 5.18. The van der Waals surface area contributed by atoms with Crippen molar-refractivity contribution >= 4 is 0 Å². The monoisotopic (exact) mass is 209 g/mol. The number of hydrogen-bond donors (Lipinski definition) is 3. The summed E-state index contributed by atoms with van der Waals surface area (Å²) in [5.74, 6) is 0. The first-order chi connectivity index (χ1) is 7.27. The zero-order chi connectivity index (χ0) is 11.1. The van der Waals surface area contributed by atoms with E-state index in [1.807, 2.05) is 18.2 Å². The molecule has 0 fully saturated rings. The molecular weight excluding hydrogens is 190 g/mol. The Balaban J connectivity index is 2.50. The standard InChI is InChI=1S/C12H19NO2/c1-2-12(13-8-11(15)9-14)10-6-4-3-5-7-10/h3-7,11-15H,2,8-9H2,1H3. The summed E-state index contributed by atoms with van der Waals surface area (Å²) in [4.78, 5) is 0. The fraction of sp³-hybridized carbons (Fsp3) is 0.500. The van der Waals surface area contributed by atoms with Crippen LogP contribution in [-0.2, 0) is 0 Å². The smallest absolute Gasteiger partial charge is 0.0895 e. The molecule has 2 atom stereocenters. The third-order valence-corrected chi connectivity index (χ3v) is 2.42. The van der Waals surface area contributed by atoms with Crippen molar-refractivity contribution in [3.63, 3.8) is 0 Å². The minimum absolute atomic E-state index is 0.196. The Hall–Kier alpha value is -0.900. The summed E-state index contributed by atoms with van der Waals surface area (Å²) in [5, 5.41) is 21.2. The molecule has 1 rings (SSSR count). The van der Waals surface area contributed by atoms with Crippen LogP contribution < -0.4 is 5.32 Å². The van der Waals surface area contributed by atoms with Crippen molar-refractivity contribution in [3.05, 3.63) is 35.9 Å². The van der Waals surface area contributed by atoms with Gasteiger partial charge in [0.1, 0.15) is 0 Å². The molecule has 15 heavy (non-hydrogen) atoms. The van der Waals surface area contributed by atoms with Crippen LogP contribution in [0.25, 0.3) is 0 Å². The van der Waals surface area contributed by atoms with Crippen LogP contribution >= 0.6 is 0 Å². The fourth-order valence-electron chi connectivity index (χ4n) is 1.53. The average molecular weight is 209 g/mol. The van der Waals surface area contributed by atoms with Crippen molar-refractivity contribution < 1.29 is 10.2 Å². The summed E-state index contributed by atoms with van der Waals surface area (Å²) in [6, 6.07) is 10.4. The van der Waals surface area contributed by atoms with E-state index in [-0.39, 0.29) is 12.6 Å². The Labute approximate surface area is 90.8 Å². The second kappa shape index (κ2) is 6.56. The van der Waals surface area contributed by atoms with Gasteiger partial charge in [-0.1, -0.05) is 37.3 Å². The van der Waals surface area contributed by atoms with E-state index in [9.17, 15) is 5.11 Å². The first kappa shape index (κ1) is 12.2. The van der Waals surface area contributed by atoms with E-state index in [0.717, 1.165) is 6.42 Å². The van der Waals surface area contributed by atoms with Gasteiger partial charge in [-0.15, -0.1) is 0 Å². The van der Waals surface area contributed by atoms with E-state index in [0.29, 0.717) is 6.54 Å². The summed E-state index contributed by atoms with van der Waals surface area (Å²) >= 11 is 0. The zero-order valence-electron chi connectivity index (χ0n) is 9.06. The summed E-state index contributed by atoms with van der Waals surface area (Å²) < 4.78 is 0. The third kappa shape index (κ3) is 4.00. The Morgan fingerprint density at radius 3 is 2.47 bits per heavy atom. The lowest BCUT2D eigenvalue weighted by Crippen LogP contribution is -2.32. The van der Waals surface area contributed by atoms with Gasteiger partial charge in [-0.3, -0.25) is 0 Å². The average Bonchev–Trinajstić information content (AvgIpc) is 2.31. The van der Waals surface area contributed by atoms with E-state index in [1.54, 1.807) is 0 Å². The lowest BCUT2D eigenvalue weighted by atomic mass is 10.0. The summed E-state index contributed by atoms with van der Waals surface area (Å²) in [6.07, 6.45) is 0.282. The maximum Gasteiger partial charge on any atom is 0.0895 e. The van der Waals surface area contributed by atoms with Crippen LogP contribution in [0.3, 0.4) is 0 Å². The van der Waals surface area contributed by atoms with Gasteiger partial charge in [-0.05, 0) is 12.0 Å². The molecule has 0 amide bonds. The second-order valence-corrected chi connectivity index (χ2v) is 3.62. The number of hydrogen-bond acceptors (Lipinski definition) is 3. The maximum atomic E-state index is 9.24. The zero-order valence-corrected chi connectivity index (χ0v) is 9.06. The van der Waals surface area contributed by atoms with Gasteiger partial charge in [0.25, 0.3) is 0 Å². The Morgan fingerprint density at radius 1 is 1.27 bits per heavy atom. The quantitative estimate of drug-likeness (QED) is 0.657. The van der Waals surface area contributed by atoms with Crippen LogP contribution in [0.4, 0.5) is 0 Å². The molecule has 0 spiro atoms. The Bertz CT molecular complexity index is 264. The van der Waals surface area contributed by atoms with Crippen LogP contribution in [0, 0.1) is 0 Å². The first-order valence-electron chi connectivity index (χ1n) is 5.35. The minimum atomic E-state index is -0.678. The minimum Gasteiger partial charge on any atom is -0.394 e. The molecule has 0 bridgehead atoms. The molecule has 84 valence electrons. The number of nitrogens with one attached hydrogen (secondary N) is 1. The lowest BCUT2D eigenvalue weighted by molar-refractivity contribution is 0.0917. The predicted octanol–water partition coefficient (Wildman–Crippen LogP) is 1.08. The van der Waals surface area contributed by atoms with Gasteiger partial charge in [0.2, 0.25) is 0 Å². The van der Waals surface area contributed by atoms with E-state index in [1.165, 1.54) is 5.56 Å². The van der Waals surface area contributed by atoms with E-state index in [2.05, 4.69) is 24.4 Å². The molecule has 0 aliphatic heterocycles. The Kier molecular flexibility index (Phi) is 5.32. The summed E-state index contributed by atoms with van der Waals surface area (Å²) in [5.41, 5.74) is 1.21. The van der Waals surface area contributed by atoms with Gasteiger partial charge in [0, 0.05) is 12.6 Å². The highest BCUT2D eigenvalue weighted by Gasteiger charge is 2.09. The van der Waals surface area contributed by atoms with Crippen molar-refractivity contribution in [3.8, 4) is 0 Å². The normalized spacial score (nSPS) is 14.9. The SMILES string of the molecule is CCC(NCC(O)CO)c1ccccc1. The molecule has 0 radical (unpaired) electrons. The molecule has 0 saturated heterocycles. The van der Waals surface area contributed by atoms with Crippen LogP contribution in [0.5, 0.6) is 0 Å². The van der Waals surface area contributed by atoms with Crippen LogP contribution in [-0.4, -0.2) is 29.5 Å². The van der Waals surface area contributed by atoms with Crippen molar-refractivity contribution in [2.75, 3.05) is 13.2 Å². The van der Waals surface area contributed by atoms with Gasteiger partial charge in [-0.25, -0.2) is 0 Å².